The average molecular weight is 263 g/mol. The summed E-state index contributed by atoms with van der Waals surface area (Å²) in [5.74, 6) is 0. The molecule has 0 atom stereocenters. The van der Waals surface area contributed by atoms with Crippen LogP contribution in [0.25, 0.3) is 11.1 Å². The highest BCUT2D eigenvalue weighted by Crippen LogP contribution is 2.34. The number of nitrogens with one attached hydrogen (secondary N) is 1. The van der Waals surface area contributed by atoms with Crippen molar-refractivity contribution in [2.75, 3.05) is 11.9 Å². The minimum atomic E-state index is -4.30. The molecule has 4 heteroatoms. The highest BCUT2D eigenvalue weighted by atomic mass is 19.4. The van der Waals surface area contributed by atoms with Gasteiger partial charge in [0.25, 0.3) is 0 Å². The maximum absolute atomic E-state index is 12.7. The molecular weight excluding hydrogens is 251 g/mol. The molecule has 0 saturated heterocycles. The van der Waals surface area contributed by atoms with Gasteiger partial charge in [0.05, 0.1) is 5.56 Å². The van der Waals surface area contributed by atoms with Crippen molar-refractivity contribution in [1.82, 2.24) is 0 Å². The number of hydrogen-bond acceptors (Lipinski definition) is 1. The number of hydrogen-bond donors (Lipinski definition) is 1. The van der Waals surface area contributed by atoms with Crippen molar-refractivity contribution in [2.24, 2.45) is 0 Å². The molecule has 1 heterocycles. The fourth-order valence-electron chi connectivity index (χ4n) is 2.35. The largest absolute Gasteiger partial charge is 0.416 e. The quantitative estimate of drug-likeness (QED) is 0.807. The van der Waals surface area contributed by atoms with Gasteiger partial charge in [-0.3, -0.25) is 0 Å². The minimum Gasteiger partial charge on any atom is -0.384 e. The van der Waals surface area contributed by atoms with Crippen LogP contribution in [0.1, 0.15) is 11.1 Å². The molecule has 1 aliphatic rings. The van der Waals surface area contributed by atoms with Gasteiger partial charge in [-0.05, 0) is 41.3 Å². The first-order valence-electron chi connectivity index (χ1n) is 6.08. The zero-order valence-corrected chi connectivity index (χ0v) is 10.1. The van der Waals surface area contributed by atoms with Crippen molar-refractivity contribution in [3.63, 3.8) is 0 Å². The molecule has 0 saturated carbocycles. The molecule has 3 rings (SSSR count). The van der Waals surface area contributed by atoms with Crippen LogP contribution in [0.5, 0.6) is 0 Å². The summed E-state index contributed by atoms with van der Waals surface area (Å²) >= 11 is 0. The third-order valence-corrected chi connectivity index (χ3v) is 3.34. The van der Waals surface area contributed by atoms with Gasteiger partial charge < -0.3 is 5.32 Å². The van der Waals surface area contributed by atoms with Crippen LogP contribution in [0, 0.1) is 0 Å². The van der Waals surface area contributed by atoms with E-state index in [1.165, 1.54) is 17.7 Å². The van der Waals surface area contributed by atoms with E-state index in [1.54, 1.807) is 6.07 Å². The van der Waals surface area contributed by atoms with Crippen LogP contribution in [-0.4, -0.2) is 6.54 Å². The van der Waals surface area contributed by atoms with Gasteiger partial charge in [-0.1, -0.05) is 24.3 Å². The summed E-state index contributed by atoms with van der Waals surface area (Å²) in [7, 11) is 0. The van der Waals surface area contributed by atoms with E-state index in [1.807, 2.05) is 18.2 Å². The molecule has 1 nitrogen and oxygen atoms in total. The van der Waals surface area contributed by atoms with Crippen LogP contribution in [0.3, 0.4) is 0 Å². The Morgan fingerprint density at radius 1 is 0.947 bits per heavy atom. The van der Waals surface area contributed by atoms with Crippen LogP contribution >= 0.6 is 0 Å². The third-order valence-electron chi connectivity index (χ3n) is 3.34. The van der Waals surface area contributed by atoms with Crippen LogP contribution in [0.4, 0.5) is 18.9 Å². The molecule has 0 unspecified atom stereocenters. The maximum atomic E-state index is 12.7. The second-order valence-corrected chi connectivity index (χ2v) is 4.63. The molecule has 0 radical (unpaired) electrons. The minimum absolute atomic E-state index is 0.589. The standard InChI is InChI=1S/C15H12F3N/c16-15(17,18)13-3-1-2-11(8-13)12-5-4-10-6-7-19-14(10)9-12/h1-5,8-9,19H,6-7H2. The number of fused-ring (bicyclic) bond motifs is 1. The second kappa shape index (κ2) is 4.30. The van der Waals surface area contributed by atoms with Crippen molar-refractivity contribution in [3.05, 3.63) is 53.6 Å². The van der Waals surface area contributed by atoms with Crippen molar-refractivity contribution in [1.29, 1.82) is 0 Å². The molecule has 2 aromatic carbocycles. The highest BCUT2D eigenvalue weighted by molar-refractivity contribution is 5.71. The Bertz CT molecular complexity index is 617. The lowest BCUT2D eigenvalue weighted by atomic mass is 10.0. The molecule has 2 aromatic rings. The molecule has 1 aliphatic heterocycles. The number of rotatable bonds is 1. The zero-order chi connectivity index (χ0) is 13.5. The lowest BCUT2D eigenvalue weighted by Crippen LogP contribution is -2.04. The number of alkyl halides is 3. The van der Waals surface area contributed by atoms with E-state index >= 15 is 0 Å². The van der Waals surface area contributed by atoms with E-state index in [0.29, 0.717) is 5.56 Å². The normalized spacial score (nSPS) is 14.1. The molecular formula is C15H12F3N. The van der Waals surface area contributed by atoms with Gasteiger partial charge >= 0.3 is 6.18 Å². The molecule has 0 bridgehead atoms. The third kappa shape index (κ3) is 2.30. The Kier molecular flexibility index (Phi) is 2.73. The molecule has 1 N–H and O–H groups in total. The Labute approximate surface area is 109 Å². The molecule has 0 aromatic heterocycles. The lowest BCUT2D eigenvalue weighted by molar-refractivity contribution is -0.137. The van der Waals surface area contributed by atoms with E-state index in [0.717, 1.165) is 30.3 Å². The number of anilines is 1. The summed E-state index contributed by atoms with van der Waals surface area (Å²) in [6, 6.07) is 11.2. The Balaban J connectivity index is 2.03. The van der Waals surface area contributed by atoms with E-state index < -0.39 is 11.7 Å². The summed E-state index contributed by atoms with van der Waals surface area (Å²) in [4.78, 5) is 0. The summed E-state index contributed by atoms with van der Waals surface area (Å²) in [5.41, 5.74) is 3.02. The summed E-state index contributed by atoms with van der Waals surface area (Å²) < 4.78 is 38.1. The van der Waals surface area contributed by atoms with Crippen LogP contribution in [0.15, 0.2) is 42.5 Å². The Morgan fingerprint density at radius 3 is 2.53 bits per heavy atom. The van der Waals surface area contributed by atoms with Crippen molar-refractivity contribution >= 4 is 5.69 Å². The van der Waals surface area contributed by atoms with E-state index in [4.69, 9.17) is 0 Å². The van der Waals surface area contributed by atoms with Gasteiger partial charge in [0.15, 0.2) is 0 Å². The zero-order valence-electron chi connectivity index (χ0n) is 10.1. The molecule has 0 spiro atoms. The van der Waals surface area contributed by atoms with Crippen LogP contribution < -0.4 is 5.32 Å². The smallest absolute Gasteiger partial charge is 0.384 e. The number of halogens is 3. The van der Waals surface area contributed by atoms with Crippen LogP contribution in [-0.2, 0) is 12.6 Å². The summed E-state index contributed by atoms with van der Waals surface area (Å²) in [5, 5.41) is 3.23. The molecule has 0 amide bonds. The second-order valence-electron chi connectivity index (χ2n) is 4.63. The first-order chi connectivity index (χ1) is 9.04. The molecule has 0 aliphatic carbocycles. The summed E-state index contributed by atoms with van der Waals surface area (Å²) in [6.45, 7) is 0.890. The molecule has 98 valence electrons. The Hall–Kier alpha value is -1.97. The average Bonchev–Trinajstić information content (AvgIpc) is 2.85. The van der Waals surface area contributed by atoms with Gasteiger partial charge in [0, 0.05) is 12.2 Å². The fraction of sp³-hybridized carbons (Fsp3) is 0.200. The maximum Gasteiger partial charge on any atom is 0.416 e. The van der Waals surface area contributed by atoms with Crippen molar-refractivity contribution < 1.29 is 13.2 Å². The Morgan fingerprint density at radius 2 is 1.74 bits per heavy atom. The first kappa shape index (κ1) is 12.1. The monoisotopic (exact) mass is 263 g/mol. The fourth-order valence-corrected chi connectivity index (χ4v) is 2.35. The molecule has 0 fully saturated rings. The summed E-state index contributed by atoms with van der Waals surface area (Å²) in [6.07, 6.45) is -3.33. The van der Waals surface area contributed by atoms with Gasteiger partial charge in [-0.15, -0.1) is 0 Å². The van der Waals surface area contributed by atoms with E-state index in [-0.39, 0.29) is 0 Å². The van der Waals surface area contributed by atoms with E-state index in [9.17, 15) is 13.2 Å². The predicted octanol–water partition coefficient (Wildman–Crippen LogP) is 4.34. The highest BCUT2D eigenvalue weighted by Gasteiger charge is 2.30. The van der Waals surface area contributed by atoms with Crippen LogP contribution in [0.2, 0.25) is 0 Å². The lowest BCUT2D eigenvalue weighted by Gasteiger charge is -2.10. The van der Waals surface area contributed by atoms with Gasteiger partial charge in [0.2, 0.25) is 0 Å². The SMILES string of the molecule is FC(F)(F)c1cccc(-c2ccc3c(c2)NCC3)c1. The van der Waals surface area contributed by atoms with Crippen molar-refractivity contribution in [2.45, 2.75) is 12.6 Å². The van der Waals surface area contributed by atoms with E-state index in [2.05, 4.69) is 5.32 Å². The first-order valence-corrected chi connectivity index (χ1v) is 6.08. The topological polar surface area (TPSA) is 12.0 Å². The van der Waals surface area contributed by atoms with Crippen molar-refractivity contribution in [3.8, 4) is 11.1 Å². The van der Waals surface area contributed by atoms with Gasteiger partial charge in [0.1, 0.15) is 0 Å². The molecule has 19 heavy (non-hydrogen) atoms. The van der Waals surface area contributed by atoms with Gasteiger partial charge in [-0.25, -0.2) is 0 Å². The van der Waals surface area contributed by atoms with Gasteiger partial charge in [-0.2, -0.15) is 13.2 Å². The number of benzene rings is 2. The predicted molar refractivity (Wildman–Crippen MR) is 69.1 cm³/mol.